The predicted molar refractivity (Wildman–Crippen MR) is 132 cm³/mol. The lowest BCUT2D eigenvalue weighted by Crippen LogP contribution is -2.39. The number of imidazole rings is 1. The summed E-state index contributed by atoms with van der Waals surface area (Å²) in [5.74, 6) is -0.600. The zero-order chi connectivity index (χ0) is 25.0. The minimum Gasteiger partial charge on any atom is -0.481 e. The van der Waals surface area contributed by atoms with Gasteiger partial charge in [0.15, 0.2) is 11.2 Å². The maximum Gasteiger partial charge on any atom is 0.332 e. The summed E-state index contributed by atoms with van der Waals surface area (Å²) < 4.78 is 3.99. The van der Waals surface area contributed by atoms with Crippen LogP contribution in [-0.4, -0.2) is 34.7 Å². The number of anilines is 2. The number of aromatic nitrogens is 5. The molecular weight excluding hydrogens is 495 g/mol. The van der Waals surface area contributed by atoms with E-state index in [1.54, 1.807) is 55.1 Å². The van der Waals surface area contributed by atoms with E-state index in [9.17, 15) is 19.5 Å². The van der Waals surface area contributed by atoms with Crippen LogP contribution in [0.2, 0.25) is 10.0 Å². The Balaban J connectivity index is 1.52. The average Bonchev–Trinajstić information content (AvgIpc) is 3.57. The molecule has 0 radical (unpaired) electrons. The normalized spacial score (nSPS) is 17.0. The second-order valence-electron chi connectivity index (χ2n) is 8.51. The van der Waals surface area contributed by atoms with Gasteiger partial charge < -0.3 is 15.0 Å². The number of carboxylic acid groups (broad SMARTS) is 1. The van der Waals surface area contributed by atoms with Crippen LogP contribution in [0, 0.1) is 5.92 Å². The van der Waals surface area contributed by atoms with Gasteiger partial charge in [-0.3, -0.25) is 18.7 Å². The first-order chi connectivity index (χ1) is 16.7. The second kappa shape index (κ2) is 8.54. The van der Waals surface area contributed by atoms with Gasteiger partial charge in [-0.25, -0.2) is 9.78 Å². The highest BCUT2D eigenvalue weighted by atomic mass is 35.5. The SMILES string of the molecule is Cn1c(Nc2cccc([C@H]3C[C@@H]3C(=O)O)n2)nc2c1c(=O)n(Cc1ccc(Cl)c(Cl)c1)c(=O)n2C. The number of rotatable bonds is 6. The third-order valence-corrected chi connectivity index (χ3v) is 6.92. The number of nitrogens with one attached hydrogen (secondary N) is 1. The quantitative estimate of drug-likeness (QED) is 0.405. The van der Waals surface area contributed by atoms with Crippen LogP contribution >= 0.6 is 23.2 Å². The zero-order valence-electron chi connectivity index (χ0n) is 18.7. The van der Waals surface area contributed by atoms with Crippen molar-refractivity contribution in [3.8, 4) is 0 Å². The van der Waals surface area contributed by atoms with E-state index in [0.29, 0.717) is 39.5 Å². The molecule has 0 amide bonds. The van der Waals surface area contributed by atoms with Crippen molar-refractivity contribution in [2.45, 2.75) is 18.9 Å². The van der Waals surface area contributed by atoms with Crippen molar-refractivity contribution in [3.05, 3.63) is 78.5 Å². The molecule has 2 atom stereocenters. The summed E-state index contributed by atoms with van der Waals surface area (Å²) in [5, 5.41) is 13.0. The lowest BCUT2D eigenvalue weighted by molar-refractivity contribution is -0.138. The van der Waals surface area contributed by atoms with Crippen LogP contribution in [0.4, 0.5) is 11.8 Å². The molecule has 1 aliphatic rings. The Kier molecular flexibility index (Phi) is 5.65. The molecule has 2 N–H and O–H groups in total. The zero-order valence-corrected chi connectivity index (χ0v) is 20.2. The molecule has 1 aliphatic carbocycles. The average molecular weight is 515 g/mol. The summed E-state index contributed by atoms with van der Waals surface area (Å²) in [4.78, 5) is 46.5. The fraction of sp³-hybridized carbons (Fsp3) is 0.261. The van der Waals surface area contributed by atoms with Crippen molar-refractivity contribution in [3.63, 3.8) is 0 Å². The van der Waals surface area contributed by atoms with E-state index < -0.39 is 23.1 Å². The molecule has 0 bridgehead atoms. The fourth-order valence-electron chi connectivity index (χ4n) is 4.15. The summed E-state index contributed by atoms with van der Waals surface area (Å²) in [7, 11) is 3.21. The van der Waals surface area contributed by atoms with Crippen molar-refractivity contribution in [1.29, 1.82) is 0 Å². The van der Waals surface area contributed by atoms with Gasteiger partial charge in [-0.2, -0.15) is 4.98 Å². The Morgan fingerprint density at radius 1 is 1.11 bits per heavy atom. The number of aryl methyl sites for hydroxylation is 2. The number of aliphatic carboxylic acids is 1. The van der Waals surface area contributed by atoms with Gasteiger partial charge in [-0.15, -0.1) is 0 Å². The second-order valence-corrected chi connectivity index (χ2v) is 9.32. The standard InChI is InChI=1S/C23H20Cl2N6O4/c1-29-18-19(28-22(29)27-17-5-3-4-16(26-17)12-9-13(12)21(33)34)30(2)23(35)31(20(18)32)10-11-6-7-14(24)15(25)8-11/h3-8,12-13H,9-10H2,1-2H3,(H,33,34)(H,26,27,28)/t12-,13-/m0/s1. The lowest BCUT2D eigenvalue weighted by Gasteiger charge is -2.09. The molecule has 1 saturated carbocycles. The van der Waals surface area contributed by atoms with Crippen LogP contribution in [0.1, 0.15) is 23.6 Å². The van der Waals surface area contributed by atoms with E-state index >= 15 is 0 Å². The van der Waals surface area contributed by atoms with Crippen molar-refractivity contribution < 1.29 is 9.90 Å². The molecule has 3 heterocycles. The smallest absolute Gasteiger partial charge is 0.332 e. The third-order valence-electron chi connectivity index (χ3n) is 6.18. The molecule has 0 unspecified atom stereocenters. The van der Waals surface area contributed by atoms with E-state index in [1.807, 2.05) is 0 Å². The molecular formula is C23H20Cl2N6O4. The molecule has 180 valence electrons. The molecule has 0 aliphatic heterocycles. The van der Waals surface area contributed by atoms with E-state index in [4.69, 9.17) is 23.2 Å². The fourth-order valence-corrected chi connectivity index (χ4v) is 4.47. The summed E-state index contributed by atoms with van der Waals surface area (Å²) in [5.41, 5.74) is 0.767. The largest absolute Gasteiger partial charge is 0.481 e. The minimum absolute atomic E-state index is 0.0159. The molecule has 3 aromatic heterocycles. The number of carbonyl (C=O) groups is 1. The van der Waals surface area contributed by atoms with E-state index in [1.165, 1.54) is 4.57 Å². The Labute approximate surface area is 208 Å². The number of halogens is 2. The number of pyridine rings is 1. The first kappa shape index (κ1) is 23.1. The van der Waals surface area contributed by atoms with Crippen molar-refractivity contribution >= 4 is 52.1 Å². The summed E-state index contributed by atoms with van der Waals surface area (Å²) >= 11 is 12.1. The van der Waals surface area contributed by atoms with E-state index in [-0.39, 0.29) is 23.6 Å². The van der Waals surface area contributed by atoms with Gasteiger partial charge in [0.1, 0.15) is 5.82 Å². The molecule has 1 fully saturated rings. The third kappa shape index (κ3) is 4.08. The van der Waals surface area contributed by atoms with Gasteiger partial charge >= 0.3 is 11.7 Å². The maximum absolute atomic E-state index is 13.3. The van der Waals surface area contributed by atoms with Crippen molar-refractivity contribution in [2.24, 2.45) is 20.0 Å². The molecule has 5 rings (SSSR count). The molecule has 12 heteroatoms. The summed E-state index contributed by atoms with van der Waals surface area (Å²) in [6, 6.07) is 10.2. The van der Waals surface area contributed by atoms with E-state index in [0.717, 1.165) is 4.57 Å². The Morgan fingerprint density at radius 2 is 1.89 bits per heavy atom. The molecule has 0 spiro atoms. The van der Waals surface area contributed by atoms with Gasteiger partial charge in [0.05, 0.1) is 22.5 Å². The topological polar surface area (TPSA) is 124 Å². The first-order valence-electron chi connectivity index (χ1n) is 10.7. The van der Waals surface area contributed by atoms with Crippen LogP contribution in [-0.2, 0) is 25.4 Å². The minimum atomic E-state index is -0.830. The number of hydrogen-bond donors (Lipinski definition) is 2. The predicted octanol–water partition coefficient (Wildman–Crippen LogP) is 3.12. The maximum atomic E-state index is 13.3. The number of hydrogen-bond acceptors (Lipinski definition) is 6. The monoisotopic (exact) mass is 514 g/mol. The first-order valence-corrected chi connectivity index (χ1v) is 11.5. The van der Waals surface area contributed by atoms with Crippen LogP contribution in [0.3, 0.4) is 0 Å². The molecule has 35 heavy (non-hydrogen) atoms. The Morgan fingerprint density at radius 3 is 2.57 bits per heavy atom. The van der Waals surface area contributed by atoms with E-state index in [2.05, 4.69) is 15.3 Å². The molecule has 10 nitrogen and oxygen atoms in total. The van der Waals surface area contributed by atoms with Gasteiger partial charge in [0, 0.05) is 25.7 Å². The highest BCUT2D eigenvalue weighted by molar-refractivity contribution is 6.42. The number of benzene rings is 1. The van der Waals surface area contributed by atoms with Crippen LogP contribution in [0.5, 0.6) is 0 Å². The lowest BCUT2D eigenvalue weighted by atomic mass is 10.2. The summed E-state index contributed by atoms with van der Waals surface area (Å²) in [6.45, 7) is 0.0159. The van der Waals surface area contributed by atoms with Crippen molar-refractivity contribution in [1.82, 2.24) is 23.7 Å². The highest BCUT2D eigenvalue weighted by Crippen LogP contribution is 2.47. The number of carboxylic acids is 1. The molecule has 4 aromatic rings. The van der Waals surface area contributed by atoms with Gasteiger partial charge in [0.2, 0.25) is 5.95 Å². The molecule has 0 saturated heterocycles. The Hall–Kier alpha value is -3.63. The van der Waals surface area contributed by atoms with Gasteiger partial charge in [0.25, 0.3) is 5.56 Å². The highest BCUT2D eigenvalue weighted by Gasteiger charge is 2.45. The number of fused-ring (bicyclic) bond motifs is 1. The van der Waals surface area contributed by atoms with Gasteiger partial charge in [-0.1, -0.05) is 35.3 Å². The van der Waals surface area contributed by atoms with Crippen LogP contribution in [0.15, 0.2) is 46.0 Å². The van der Waals surface area contributed by atoms with Crippen LogP contribution in [0.25, 0.3) is 11.2 Å². The number of nitrogens with zero attached hydrogens (tertiary/aromatic N) is 5. The molecule has 1 aromatic carbocycles. The van der Waals surface area contributed by atoms with Crippen molar-refractivity contribution in [2.75, 3.05) is 5.32 Å². The van der Waals surface area contributed by atoms with Crippen LogP contribution < -0.4 is 16.6 Å². The van der Waals surface area contributed by atoms with Gasteiger partial charge in [-0.05, 0) is 36.2 Å². The summed E-state index contributed by atoms with van der Waals surface area (Å²) in [6.07, 6.45) is 0.554. The Bertz CT molecular complexity index is 1620.